The van der Waals surface area contributed by atoms with Crippen molar-refractivity contribution in [2.45, 2.75) is 18.8 Å². The van der Waals surface area contributed by atoms with Crippen LogP contribution in [-0.2, 0) is 17.5 Å². The summed E-state index contributed by atoms with van der Waals surface area (Å²) in [5.41, 5.74) is -0.387. The van der Waals surface area contributed by atoms with E-state index >= 15 is 0 Å². The Morgan fingerprint density at radius 2 is 1.85 bits per heavy atom. The van der Waals surface area contributed by atoms with Crippen LogP contribution >= 0.6 is 0 Å². The van der Waals surface area contributed by atoms with E-state index in [1.807, 2.05) is 0 Å². The van der Waals surface area contributed by atoms with Gasteiger partial charge in [0, 0.05) is 18.9 Å². The Balaban J connectivity index is 1.92. The molecule has 0 bridgehead atoms. The Labute approximate surface area is 146 Å². The van der Waals surface area contributed by atoms with E-state index in [0.29, 0.717) is 5.56 Å². The first-order valence-corrected chi connectivity index (χ1v) is 7.43. The van der Waals surface area contributed by atoms with Gasteiger partial charge in [0.15, 0.2) is 0 Å². The number of amides is 2. The van der Waals surface area contributed by atoms with E-state index in [0.717, 1.165) is 12.1 Å². The number of carbonyl (C=O) groups excluding carboxylic acids is 2. The summed E-state index contributed by atoms with van der Waals surface area (Å²) in [6.45, 7) is -0.723. The molecule has 2 rings (SSSR count). The lowest BCUT2D eigenvalue weighted by molar-refractivity contribution is -0.137. The quantitative estimate of drug-likeness (QED) is 0.703. The summed E-state index contributed by atoms with van der Waals surface area (Å²) in [7, 11) is 0. The standard InChI is InChI=1S/C16H15F3N4O3/c17-16(18,19)11-3-1-10(2-4-11)7-22-14(25)13(9-24)23-15(26)12-8-20-5-6-21-12/h1-6,8,13,24H,7,9H2,(H,22,25)(H,23,26). The predicted octanol–water partition coefficient (Wildman–Crippen LogP) is 0.903. The molecule has 0 fully saturated rings. The summed E-state index contributed by atoms with van der Waals surface area (Å²) in [5.74, 6) is -1.38. The molecule has 0 saturated carbocycles. The maximum absolute atomic E-state index is 12.5. The number of alkyl halides is 3. The average molecular weight is 368 g/mol. The molecule has 138 valence electrons. The zero-order valence-corrected chi connectivity index (χ0v) is 13.3. The van der Waals surface area contributed by atoms with Gasteiger partial charge in [-0.25, -0.2) is 4.98 Å². The Kier molecular flexibility index (Phi) is 6.23. The van der Waals surface area contributed by atoms with Gasteiger partial charge in [-0.3, -0.25) is 14.6 Å². The van der Waals surface area contributed by atoms with Crippen molar-refractivity contribution in [2.24, 2.45) is 0 Å². The molecular weight excluding hydrogens is 353 g/mol. The Bertz CT molecular complexity index is 752. The number of hydrogen-bond acceptors (Lipinski definition) is 5. The number of nitrogens with zero attached hydrogens (tertiary/aromatic N) is 2. The Hall–Kier alpha value is -3.01. The van der Waals surface area contributed by atoms with Gasteiger partial charge in [-0.1, -0.05) is 12.1 Å². The molecule has 1 heterocycles. The summed E-state index contributed by atoms with van der Waals surface area (Å²) in [6.07, 6.45) is -0.567. The first kappa shape index (κ1) is 19.3. The van der Waals surface area contributed by atoms with Crippen molar-refractivity contribution in [3.8, 4) is 0 Å². The average Bonchev–Trinajstić information content (AvgIpc) is 2.64. The van der Waals surface area contributed by atoms with E-state index in [9.17, 15) is 27.9 Å². The first-order valence-electron chi connectivity index (χ1n) is 7.43. The predicted molar refractivity (Wildman–Crippen MR) is 83.7 cm³/mol. The summed E-state index contributed by atoms with van der Waals surface area (Å²) in [6, 6.07) is 3.03. The molecule has 2 amide bonds. The van der Waals surface area contributed by atoms with Crippen molar-refractivity contribution >= 4 is 11.8 Å². The van der Waals surface area contributed by atoms with E-state index in [1.54, 1.807) is 0 Å². The van der Waals surface area contributed by atoms with Crippen LogP contribution in [0.3, 0.4) is 0 Å². The fourth-order valence-corrected chi connectivity index (χ4v) is 1.97. The Morgan fingerprint density at radius 3 is 2.38 bits per heavy atom. The molecule has 1 aromatic carbocycles. The van der Waals surface area contributed by atoms with Crippen LogP contribution in [-0.4, -0.2) is 39.5 Å². The number of benzene rings is 1. The fourth-order valence-electron chi connectivity index (χ4n) is 1.97. The van der Waals surface area contributed by atoms with Crippen molar-refractivity contribution in [3.05, 3.63) is 59.7 Å². The van der Waals surface area contributed by atoms with Crippen molar-refractivity contribution in [2.75, 3.05) is 6.61 Å². The van der Waals surface area contributed by atoms with E-state index < -0.39 is 36.2 Å². The third-order valence-electron chi connectivity index (χ3n) is 3.35. The van der Waals surface area contributed by atoms with Gasteiger partial charge < -0.3 is 15.7 Å². The molecule has 1 unspecified atom stereocenters. The van der Waals surface area contributed by atoms with Crippen molar-refractivity contribution in [1.82, 2.24) is 20.6 Å². The second-order valence-electron chi connectivity index (χ2n) is 5.21. The molecule has 26 heavy (non-hydrogen) atoms. The molecule has 2 aromatic rings. The van der Waals surface area contributed by atoms with Crippen molar-refractivity contribution in [3.63, 3.8) is 0 Å². The van der Waals surface area contributed by atoms with Crippen LogP contribution in [0.15, 0.2) is 42.9 Å². The van der Waals surface area contributed by atoms with Crippen LogP contribution in [0.5, 0.6) is 0 Å². The minimum atomic E-state index is -4.44. The lowest BCUT2D eigenvalue weighted by atomic mass is 10.1. The van der Waals surface area contributed by atoms with Gasteiger partial charge in [-0.05, 0) is 17.7 Å². The molecule has 1 aromatic heterocycles. The number of halogens is 3. The number of rotatable bonds is 6. The molecule has 0 aliphatic rings. The van der Waals surface area contributed by atoms with E-state index in [-0.39, 0.29) is 12.2 Å². The lowest BCUT2D eigenvalue weighted by Gasteiger charge is -2.16. The van der Waals surface area contributed by atoms with Crippen molar-refractivity contribution in [1.29, 1.82) is 0 Å². The number of hydrogen-bond donors (Lipinski definition) is 3. The number of nitrogens with one attached hydrogen (secondary N) is 2. The summed E-state index contributed by atoms with van der Waals surface area (Å²) >= 11 is 0. The molecule has 0 spiro atoms. The highest BCUT2D eigenvalue weighted by molar-refractivity contribution is 5.95. The number of carbonyl (C=O) groups is 2. The van der Waals surface area contributed by atoms with Gasteiger partial charge in [0.2, 0.25) is 5.91 Å². The molecule has 10 heteroatoms. The second kappa shape index (κ2) is 8.39. The Morgan fingerprint density at radius 1 is 1.15 bits per heavy atom. The van der Waals surface area contributed by atoms with Gasteiger partial charge in [0.25, 0.3) is 5.91 Å². The van der Waals surface area contributed by atoms with Crippen LogP contribution in [0, 0.1) is 0 Å². The summed E-state index contributed by atoms with van der Waals surface area (Å²) in [5, 5.41) is 14.0. The minimum Gasteiger partial charge on any atom is -0.394 e. The normalized spacial score (nSPS) is 12.3. The van der Waals surface area contributed by atoms with Crippen LogP contribution < -0.4 is 10.6 Å². The largest absolute Gasteiger partial charge is 0.416 e. The molecular formula is C16H15F3N4O3. The number of aliphatic hydroxyl groups excluding tert-OH is 1. The molecule has 0 radical (unpaired) electrons. The molecule has 1 atom stereocenters. The minimum absolute atomic E-state index is 0.0264. The highest BCUT2D eigenvalue weighted by Crippen LogP contribution is 2.29. The second-order valence-corrected chi connectivity index (χ2v) is 5.21. The molecule has 0 aliphatic heterocycles. The van der Waals surface area contributed by atoms with Gasteiger partial charge in [0.1, 0.15) is 11.7 Å². The number of aromatic nitrogens is 2. The smallest absolute Gasteiger partial charge is 0.394 e. The zero-order chi connectivity index (χ0) is 19.2. The third kappa shape index (κ3) is 5.24. The summed E-state index contributed by atoms with van der Waals surface area (Å²) < 4.78 is 37.5. The van der Waals surface area contributed by atoms with Gasteiger partial charge in [-0.15, -0.1) is 0 Å². The highest BCUT2D eigenvalue weighted by atomic mass is 19.4. The van der Waals surface area contributed by atoms with E-state index in [4.69, 9.17) is 0 Å². The van der Waals surface area contributed by atoms with Crippen LogP contribution in [0.4, 0.5) is 13.2 Å². The van der Waals surface area contributed by atoms with Crippen LogP contribution in [0.25, 0.3) is 0 Å². The molecule has 7 nitrogen and oxygen atoms in total. The SMILES string of the molecule is O=C(NC(CO)C(=O)NCc1ccc(C(F)(F)F)cc1)c1cnccn1. The van der Waals surface area contributed by atoms with Gasteiger partial charge in [-0.2, -0.15) is 13.2 Å². The highest BCUT2D eigenvalue weighted by Gasteiger charge is 2.30. The van der Waals surface area contributed by atoms with Crippen LogP contribution in [0.1, 0.15) is 21.6 Å². The van der Waals surface area contributed by atoms with E-state index in [1.165, 1.54) is 30.7 Å². The maximum atomic E-state index is 12.5. The molecule has 0 saturated heterocycles. The third-order valence-corrected chi connectivity index (χ3v) is 3.35. The van der Waals surface area contributed by atoms with Gasteiger partial charge in [0.05, 0.1) is 18.4 Å². The lowest BCUT2D eigenvalue weighted by Crippen LogP contribution is -2.48. The number of aliphatic hydroxyl groups is 1. The fraction of sp³-hybridized carbons (Fsp3) is 0.250. The topological polar surface area (TPSA) is 104 Å². The van der Waals surface area contributed by atoms with Crippen LogP contribution in [0.2, 0.25) is 0 Å². The molecule has 3 N–H and O–H groups in total. The first-order chi connectivity index (χ1) is 12.3. The monoisotopic (exact) mass is 368 g/mol. The van der Waals surface area contributed by atoms with E-state index in [2.05, 4.69) is 20.6 Å². The van der Waals surface area contributed by atoms with Gasteiger partial charge >= 0.3 is 6.18 Å². The van der Waals surface area contributed by atoms with Crippen molar-refractivity contribution < 1.29 is 27.9 Å². The molecule has 0 aliphatic carbocycles. The maximum Gasteiger partial charge on any atom is 0.416 e. The zero-order valence-electron chi connectivity index (χ0n) is 13.3. The summed E-state index contributed by atoms with van der Waals surface area (Å²) in [4.78, 5) is 31.4.